The van der Waals surface area contributed by atoms with E-state index in [9.17, 15) is 14.2 Å². The molecule has 0 aromatic carbocycles. The Morgan fingerprint density at radius 2 is 2.16 bits per heavy atom. The van der Waals surface area contributed by atoms with Crippen LogP contribution in [0.3, 0.4) is 0 Å². The minimum absolute atomic E-state index is 0.0833. The molecule has 3 heterocycles. The van der Waals surface area contributed by atoms with Crippen molar-refractivity contribution in [2.75, 3.05) is 13.2 Å². The summed E-state index contributed by atoms with van der Waals surface area (Å²) in [7, 11) is -4.03. The average molecular weight is 502 g/mol. The van der Waals surface area contributed by atoms with Crippen molar-refractivity contribution >= 4 is 43.0 Å². The molecule has 0 spiro atoms. The number of urea groups is 1. The molecule has 6 atom stereocenters. The summed E-state index contributed by atoms with van der Waals surface area (Å²) in [5, 5.41) is 2.49. The summed E-state index contributed by atoms with van der Waals surface area (Å²) >= 11 is 13.0. The van der Waals surface area contributed by atoms with Crippen molar-refractivity contribution < 1.29 is 37.2 Å². The molecule has 0 bridgehead atoms. The number of alkyl halides is 2. The number of hydrogen-bond donors (Lipinski definition) is 2. The van der Waals surface area contributed by atoms with Crippen molar-refractivity contribution in [3.05, 3.63) is 12.3 Å². The number of carbonyl (C=O) groups excluding carboxylic acids is 2. The molecule has 176 valence electrons. The van der Waals surface area contributed by atoms with Gasteiger partial charge in [-0.3, -0.25) is 23.3 Å². The van der Waals surface area contributed by atoms with Gasteiger partial charge in [-0.2, -0.15) is 0 Å². The van der Waals surface area contributed by atoms with E-state index in [2.05, 4.69) is 5.32 Å². The maximum Gasteiger partial charge on any atom is 0.475 e. The molecule has 2 unspecified atom stereocenters. The van der Waals surface area contributed by atoms with Gasteiger partial charge in [0.2, 0.25) is 0 Å². The number of carbonyl (C=O) groups is 2. The fourth-order valence-corrected chi connectivity index (χ4v) is 5.39. The van der Waals surface area contributed by atoms with Crippen LogP contribution in [0.4, 0.5) is 4.79 Å². The molecule has 2 fully saturated rings. The van der Waals surface area contributed by atoms with Gasteiger partial charge in [0.1, 0.15) is 12.2 Å². The maximum absolute atomic E-state index is 12.9. The highest BCUT2D eigenvalue weighted by molar-refractivity contribution is 7.48. The van der Waals surface area contributed by atoms with Crippen molar-refractivity contribution in [3.8, 4) is 0 Å². The van der Waals surface area contributed by atoms with E-state index in [1.807, 2.05) is 0 Å². The number of hydrogen-bond acceptors (Lipinski definition) is 9. The van der Waals surface area contributed by atoms with Crippen LogP contribution >= 0.6 is 31.0 Å². The molecule has 2 saturated heterocycles. The van der Waals surface area contributed by atoms with E-state index in [-0.39, 0.29) is 31.7 Å². The van der Waals surface area contributed by atoms with E-state index in [4.69, 9.17) is 52.0 Å². The third kappa shape index (κ3) is 5.54. The van der Waals surface area contributed by atoms with Gasteiger partial charge in [-0.25, -0.2) is 9.36 Å². The summed E-state index contributed by atoms with van der Waals surface area (Å²) in [6.45, 7) is 4.91. The van der Waals surface area contributed by atoms with Crippen molar-refractivity contribution in [1.82, 2.24) is 10.2 Å². The standard InChI is InChI=1S/C17H26Cl2N3O8P/c1-9(2)28-14(23)10(3)5-7-26-31(25)27-8-11-13(30-31)17(18,19)15(29-11)22-6-4-12(20)21-16(22)24/h4,6,9-13,15H,5,7-8,20H2,1-3H3,(H,21,24)/t10-,11+,12?,13+,15+,31?/m0/s1. The van der Waals surface area contributed by atoms with Gasteiger partial charge in [-0.05, 0) is 26.3 Å². The van der Waals surface area contributed by atoms with E-state index in [1.165, 1.54) is 12.3 Å². The lowest BCUT2D eigenvalue weighted by atomic mass is 10.1. The number of nitrogens with one attached hydrogen (secondary N) is 1. The molecule has 0 aromatic rings. The van der Waals surface area contributed by atoms with Gasteiger partial charge in [0, 0.05) is 6.20 Å². The molecule has 3 N–H and O–H groups in total. The number of fused-ring (bicyclic) bond motifs is 1. The van der Waals surface area contributed by atoms with E-state index in [0.29, 0.717) is 0 Å². The Hall–Kier alpha value is -0.910. The monoisotopic (exact) mass is 501 g/mol. The van der Waals surface area contributed by atoms with Gasteiger partial charge < -0.3 is 20.5 Å². The smallest absolute Gasteiger partial charge is 0.463 e. The highest BCUT2D eigenvalue weighted by Gasteiger charge is 2.63. The lowest BCUT2D eigenvalue weighted by molar-refractivity contribution is -0.152. The predicted octanol–water partition coefficient (Wildman–Crippen LogP) is 2.23. The van der Waals surface area contributed by atoms with Crippen LogP contribution in [-0.2, 0) is 32.4 Å². The highest BCUT2D eigenvalue weighted by Crippen LogP contribution is 2.59. The van der Waals surface area contributed by atoms with Crippen molar-refractivity contribution in [3.63, 3.8) is 0 Å². The first-order valence-electron chi connectivity index (χ1n) is 9.77. The molecule has 0 radical (unpaired) electrons. The molecule has 14 heteroatoms. The van der Waals surface area contributed by atoms with Gasteiger partial charge in [0.05, 0.1) is 31.4 Å². The van der Waals surface area contributed by atoms with Gasteiger partial charge in [0.25, 0.3) is 0 Å². The third-order valence-corrected chi connectivity index (χ3v) is 7.03. The number of phosphoric acid groups is 1. The summed E-state index contributed by atoms with van der Waals surface area (Å²) in [4.78, 5) is 25.2. The highest BCUT2D eigenvalue weighted by atomic mass is 35.5. The Kier molecular flexibility index (Phi) is 7.60. The zero-order valence-corrected chi connectivity index (χ0v) is 19.6. The summed E-state index contributed by atoms with van der Waals surface area (Å²) in [6, 6.07) is -0.563. The maximum atomic E-state index is 12.9. The van der Waals surface area contributed by atoms with Crippen molar-refractivity contribution in [2.45, 2.75) is 62.2 Å². The molecular weight excluding hydrogens is 476 g/mol. The number of nitrogens with two attached hydrogens (primary N) is 1. The van der Waals surface area contributed by atoms with Crippen LogP contribution in [0.15, 0.2) is 12.3 Å². The predicted molar refractivity (Wildman–Crippen MR) is 110 cm³/mol. The molecule has 3 aliphatic rings. The second-order valence-electron chi connectivity index (χ2n) is 7.70. The largest absolute Gasteiger partial charge is 0.475 e. The molecule has 0 saturated carbocycles. The molecule has 3 rings (SSSR count). The van der Waals surface area contributed by atoms with E-state index in [0.717, 1.165) is 4.90 Å². The van der Waals surface area contributed by atoms with Crippen molar-refractivity contribution in [2.24, 2.45) is 11.7 Å². The summed E-state index contributed by atoms with van der Waals surface area (Å²) in [5.74, 6) is -0.857. The fraction of sp³-hybridized carbons (Fsp3) is 0.765. The quantitative estimate of drug-likeness (QED) is 0.305. The lowest BCUT2D eigenvalue weighted by Crippen LogP contribution is -2.56. The molecular formula is C17H26Cl2N3O8P. The number of nitrogens with zero attached hydrogens (tertiary/aromatic N) is 1. The molecule has 2 amide bonds. The SMILES string of the molecule is CC(C)OC(=O)[C@@H](C)CCOP1(=O)OC[C@H]2O[C@@H](N3C=CC(N)NC3=O)C(Cl)(Cl)[C@@H]2O1. The summed E-state index contributed by atoms with van der Waals surface area (Å²) in [5.41, 5.74) is 5.64. The van der Waals surface area contributed by atoms with Gasteiger partial charge in [-0.1, -0.05) is 30.1 Å². The lowest BCUT2D eigenvalue weighted by Gasteiger charge is -2.35. The molecule has 3 aliphatic heterocycles. The Morgan fingerprint density at radius 3 is 2.81 bits per heavy atom. The van der Waals surface area contributed by atoms with Crippen LogP contribution in [0.5, 0.6) is 0 Å². The zero-order chi connectivity index (χ0) is 23.0. The Morgan fingerprint density at radius 1 is 1.45 bits per heavy atom. The Balaban J connectivity index is 1.60. The Bertz CT molecular complexity index is 782. The van der Waals surface area contributed by atoms with Gasteiger partial charge in [-0.15, -0.1) is 0 Å². The normalized spacial score (nSPS) is 35.6. The van der Waals surface area contributed by atoms with Gasteiger partial charge >= 0.3 is 19.8 Å². The average Bonchev–Trinajstić information content (AvgIpc) is 2.91. The number of ether oxygens (including phenoxy) is 2. The first-order valence-corrected chi connectivity index (χ1v) is 12.0. The summed E-state index contributed by atoms with van der Waals surface area (Å²) in [6.07, 6.45) is -0.756. The number of rotatable bonds is 7. The van der Waals surface area contributed by atoms with E-state index >= 15 is 0 Å². The number of amides is 2. The molecule has 0 aromatic heterocycles. The van der Waals surface area contributed by atoms with Crippen LogP contribution in [0.1, 0.15) is 27.2 Å². The van der Waals surface area contributed by atoms with Crippen LogP contribution in [0.2, 0.25) is 0 Å². The molecule has 0 aliphatic carbocycles. The van der Waals surface area contributed by atoms with Gasteiger partial charge in [0.15, 0.2) is 10.6 Å². The minimum Gasteiger partial charge on any atom is -0.463 e. The zero-order valence-electron chi connectivity index (χ0n) is 17.2. The van der Waals surface area contributed by atoms with Crippen molar-refractivity contribution in [1.29, 1.82) is 0 Å². The second kappa shape index (κ2) is 9.52. The van der Waals surface area contributed by atoms with Crippen LogP contribution < -0.4 is 11.1 Å². The number of halogens is 2. The van der Waals surface area contributed by atoms with E-state index < -0.39 is 48.7 Å². The first-order chi connectivity index (χ1) is 14.4. The fourth-order valence-electron chi connectivity index (χ4n) is 3.14. The van der Waals surface area contributed by atoms with Crippen LogP contribution in [0, 0.1) is 5.92 Å². The first kappa shape index (κ1) is 24.7. The number of phosphoric ester groups is 1. The topological polar surface area (TPSA) is 139 Å². The second-order valence-corrected chi connectivity index (χ2v) is 10.8. The minimum atomic E-state index is -4.03. The summed E-state index contributed by atoms with van der Waals surface area (Å²) < 4.78 is 38.1. The number of esters is 1. The third-order valence-electron chi connectivity index (χ3n) is 4.78. The van der Waals surface area contributed by atoms with E-state index in [1.54, 1.807) is 20.8 Å². The Labute approximate surface area is 190 Å². The molecule has 11 nitrogen and oxygen atoms in total. The van der Waals surface area contributed by atoms with Crippen LogP contribution in [-0.4, -0.2) is 65.2 Å². The molecule has 31 heavy (non-hydrogen) atoms. The van der Waals surface area contributed by atoms with Crippen LogP contribution in [0.25, 0.3) is 0 Å².